The van der Waals surface area contributed by atoms with Gasteiger partial charge in [0, 0.05) is 12.5 Å². The molecule has 0 radical (unpaired) electrons. The summed E-state index contributed by atoms with van der Waals surface area (Å²) in [5.41, 5.74) is 4.80. The third-order valence-electron chi connectivity index (χ3n) is 4.51. The minimum Gasteiger partial charge on any atom is -0.497 e. The molecular weight excluding hydrogens is 368 g/mol. The molecule has 0 spiro atoms. The Morgan fingerprint density at radius 2 is 1.57 bits per heavy atom. The first-order valence-electron chi connectivity index (χ1n) is 9.01. The minimum absolute atomic E-state index is 0.574. The van der Waals surface area contributed by atoms with Crippen molar-refractivity contribution in [3.05, 3.63) is 77.9 Å². The van der Waals surface area contributed by atoms with E-state index in [9.17, 15) is 0 Å². The summed E-state index contributed by atoms with van der Waals surface area (Å²) in [6, 6.07) is 21.6. The van der Waals surface area contributed by atoms with E-state index < -0.39 is 0 Å². The summed E-state index contributed by atoms with van der Waals surface area (Å²) in [6.07, 6.45) is 0.574. The van der Waals surface area contributed by atoms with E-state index >= 15 is 0 Å². The molecule has 0 saturated carbocycles. The van der Waals surface area contributed by atoms with Gasteiger partial charge in [0.15, 0.2) is 0 Å². The zero-order chi connectivity index (χ0) is 19.5. The predicted molar refractivity (Wildman–Crippen MR) is 118 cm³/mol. The van der Waals surface area contributed by atoms with E-state index in [2.05, 4.69) is 12.2 Å². The molecule has 3 aromatic carbocycles. The van der Waals surface area contributed by atoms with E-state index in [1.165, 1.54) is 5.56 Å². The number of benzene rings is 3. The maximum atomic E-state index is 5.99. The Kier molecular flexibility index (Phi) is 5.08. The quantitative estimate of drug-likeness (QED) is 0.552. The smallest absolute Gasteiger partial charge is 0.129 e. The molecule has 0 saturated heterocycles. The van der Waals surface area contributed by atoms with Crippen LogP contribution in [0.4, 0.5) is 11.4 Å². The molecule has 1 heterocycles. The largest absolute Gasteiger partial charge is 0.497 e. The standard InChI is InChI=1S/C23H20N2O2S/c1-15-3-7-18(8-4-15)27-19-11-12-20-22(13-19)24-21(14-23(28)25-20)16-5-9-17(26-2)10-6-16/h3-13H,14H2,1-2H3,(H,25,28). The molecule has 0 bridgehead atoms. The highest BCUT2D eigenvalue weighted by atomic mass is 32.1. The minimum atomic E-state index is 0.574. The summed E-state index contributed by atoms with van der Waals surface area (Å²) in [6.45, 7) is 2.05. The normalized spacial score (nSPS) is 13.1. The second-order valence-corrected chi connectivity index (χ2v) is 7.10. The number of nitrogens with zero attached hydrogens (tertiary/aromatic N) is 1. The van der Waals surface area contributed by atoms with Gasteiger partial charge in [0.25, 0.3) is 0 Å². The third kappa shape index (κ3) is 4.05. The van der Waals surface area contributed by atoms with Gasteiger partial charge in [0.1, 0.15) is 17.2 Å². The zero-order valence-corrected chi connectivity index (χ0v) is 16.5. The molecule has 140 valence electrons. The second kappa shape index (κ2) is 7.82. The van der Waals surface area contributed by atoms with Crippen molar-refractivity contribution in [2.45, 2.75) is 13.3 Å². The first kappa shape index (κ1) is 18.2. The lowest BCUT2D eigenvalue weighted by Crippen LogP contribution is -2.12. The molecule has 0 unspecified atom stereocenters. The van der Waals surface area contributed by atoms with Crippen molar-refractivity contribution in [3.8, 4) is 17.2 Å². The van der Waals surface area contributed by atoms with Crippen molar-refractivity contribution in [1.29, 1.82) is 0 Å². The van der Waals surface area contributed by atoms with E-state index in [1.54, 1.807) is 7.11 Å². The van der Waals surface area contributed by atoms with Crippen LogP contribution >= 0.6 is 12.2 Å². The van der Waals surface area contributed by atoms with Gasteiger partial charge >= 0.3 is 0 Å². The number of ether oxygens (including phenoxy) is 2. The van der Waals surface area contributed by atoms with E-state index in [0.717, 1.165) is 44.9 Å². The lowest BCUT2D eigenvalue weighted by atomic mass is 10.1. The Morgan fingerprint density at radius 1 is 0.893 bits per heavy atom. The van der Waals surface area contributed by atoms with Crippen LogP contribution in [0.25, 0.3) is 0 Å². The van der Waals surface area contributed by atoms with Crippen LogP contribution in [-0.2, 0) is 0 Å². The van der Waals surface area contributed by atoms with Crippen molar-refractivity contribution in [3.63, 3.8) is 0 Å². The molecule has 1 aliphatic rings. The van der Waals surface area contributed by atoms with Gasteiger partial charge in [-0.25, -0.2) is 0 Å². The monoisotopic (exact) mass is 388 g/mol. The Labute approximate surface area is 169 Å². The van der Waals surface area contributed by atoms with Crippen LogP contribution in [0.2, 0.25) is 0 Å². The maximum absolute atomic E-state index is 5.99. The average Bonchev–Trinajstić information content (AvgIpc) is 2.87. The van der Waals surface area contributed by atoms with Crippen LogP contribution in [-0.4, -0.2) is 17.8 Å². The number of anilines is 1. The molecular formula is C23H20N2O2S. The Bertz CT molecular complexity index is 1040. The summed E-state index contributed by atoms with van der Waals surface area (Å²) in [5.74, 6) is 2.34. The van der Waals surface area contributed by atoms with Crippen molar-refractivity contribution in [2.75, 3.05) is 12.4 Å². The maximum Gasteiger partial charge on any atom is 0.129 e. The molecule has 0 amide bonds. The van der Waals surface area contributed by atoms with E-state index in [4.69, 9.17) is 26.7 Å². The molecule has 4 nitrogen and oxygen atoms in total. The van der Waals surface area contributed by atoms with Crippen molar-refractivity contribution < 1.29 is 9.47 Å². The van der Waals surface area contributed by atoms with Gasteiger partial charge in [0.05, 0.1) is 29.2 Å². The summed E-state index contributed by atoms with van der Waals surface area (Å²) < 4.78 is 11.2. The molecule has 3 aromatic rings. The number of hydrogen-bond acceptors (Lipinski definition) is 4. The van der Waals surface area contributed by atoms with Gasteiger partial charge in [-0.3, -0.25) is 4.99 Å². The van der Waals surface area contributed by atoms with Crippen LogP contribution in [0.15, 0.2) is 71.7 Å². The molecule has 4 rings (SSSR count). The highest BCUT2D eigenvalue weighted by molar-refractivity contribution is 7.80. The lowest BCUT2D eigenvalue weighted by molar-refractivity contribution is 0.415. The first-order chi connectivity index (χ1) is 13.6. The Balaban J connectivity index is 1.68. The highest BCUT2D eigenvalue weighted by Gasteiger charge is 2.16. The lowest BCUT2D eigenvalue weighted by Gasteiger charge is -2.10. The predicted octanol–water partition coefficient (Wildman–Crippen LogP) is 6.06. The van der Waals surface area contributed by atoms with Crippen molar-refractivity contribution in [1.82, 2.24) is 0 Å². The average molecular weight is 388 g/mol. The van der Waals surface area contributed by atoms with Gasteiger partial charge in [-0.15, -0.1) is 0 Å². The molecule has 28 heavy (non-hydrogen) atoms. The summed E-state index contributed by atoms with van der Waals surface area (Å²) in [4.78, 5) is 5.61. The highest BCUT2D eigenvalue weighted by Crippen LogP contribution is 2.35. The molecule has 1 N–H and O–H groups in total. The third-order valence-corrected chi connectivity index (χ3v) is 4.75. The summed E-state index contributed by atoms with van der Waals surface area (Å²) in [5, 5.41) is 3.28. The fraction of sp³-hybridized carbons (Fsp3) is 0.130. The SMILES string of the molecule is COc1ccc(C2=Nc3cc(Oc4ccc(C)cc4)ccc3NC(=S)C2)cc1. The van der Waals surface area contributed by atoms with Gasteiger partial charge in [-0.1, -0.05) is 29.9 Å². The Morgan fingerprint density at radius 3 is 2.29 bits per heavy atom. The van der Waals surface area contributed by atoms with Gasteiger partial charge in [-0.2, -0.15) is 0 Å². The molecule has 0 atom stereocenters. The Hall–Kier alpha value is -3.18. The molecule has 5 heteroatoms. The van der Waals surface area contributed by atoms with Crippen LogP contribution in [0, 0.1) is 6.92 Å². The number of thiocarbonyl (C=S) groups is 1. The van der Waals surface area contributed by atoms with Crippen molar-refractivity contribution in [2.24, 2.45) is 4.99 Å². The zero-order valence-electron chi connectivity index (χ0n) is 15.7. The summed E-state index contributed by atoms with van der Waals surface area (Å²) in [7, 11) is 1.66. The van der Waals surface area contributed by atoms with E-state index in [1.807, 2.05) is 66.7 Å². The molecule has 0 aliphatic carbocycles. The number of aryl methyl sites for hydroxylation is 1. The number of aliphatic imine (C=N–C) groups is 1. The van der Waals surface area contributed by atoms with Crippen LogP contribution in [0.3, 0.4) is 0 Å². The van der Waals surface area contributed by atoms with Gasteiger partial charge in [-0.05, 0) is 61.0 Å². The fourth-order valence-electron chi connectivity index (χ4n) is 3.00. The van der Waals surface area contributed by atoms with Gasteiger partial charge < -0.3 is 14.8 Å². The topological polar surface area (TPSA) is 42.9 Å². The number of rotatable bonds is 4. The number of methoxy groups -OCH3 is 1. The molecule has 0 fully saturated rings. The molecule has 0 aromatic heterocycles. The van der Waals surface area contributed by atoms with Crippen LogP contribution in [0.5, 0.6) is 17.2 Å². The van der Waals surface area contributed by atoms with Crippen LogP contribution < -0.4 is 14.8 Å². The van der Waals surface area contributed by atoms with Crippen LogP contribution in [0.1, 0.15) is 17.5 Å². The first-order valence-corrected chi connectivity index (χ1v) is 9.42. The van der Waals surface area contributed by atoms with E-state index in [0.29, 0.717) is 6.42 Å². The summed E-state index contributed by atoms with van der Waals surface area (Å²) >= 11 is 5.50. The fourth-order valence-corrected chi connectivity index (χ4v) is 3.24. The number of nitrogens with one attached hydrogen (secondary N) is 1. The van der Waals surface area contributed by atoms with Gasteiger partial charge in [0.2, 0.25) is 0 Å². The second-order valence-electron chi connectivity index (χ2n) is 6.61. The number of fused-ring (bicyclic) bond motifs is 1. The van der Waals surface area contributed by atoms with Crippen molar-refractivity contribution >= 4 is 34.3 Å². The number of hydrogen-bond donors (Lipinski definition) is 1. The van der Waals surface area contributed by atoms with E-state index in [-0.39, 0.29) is 0 Å². The molecule has 1 aliphatic heterocycles.